The summed E-state index contributed by atoms with van der Waals surface area (Å²) in [4.78, 5) is 11.6. The van der Waals surface area contributed by atoms with Crippen LogP contribution in [0.4, 0.5) is 10.5 Å². The van der Waals surface area contributed by atoms with Crippen molar-refractivity contribution in [2.75, 3.05) is 19.0 Å². The molecule has 0 saturated carbocycles. The first-order valence-electron chi connectivity index (χ1n) is 10.0. The van der Waals surface area contributed by atoms with E-state index in [1.807, 2.05) is 30.3 Å². The molecule has 4 aromatic rings. The molecule has 0 fully saturated rings. The van der Waals surface area contributed by atoms with Gasteiger partial charge >= 0.3 is 6.09 Å². The van der Waals surface area contributed by atoms with Crippen molar-refractivity contribution in [3.05, 3.63) is 78.0 Å². The van der Waals surface area contributed by atoms with E-state index < -0.39 is 6.09 Å². The van der Waals surface area contributed by atoms with E-state index in [0.717, 1.165) is 17.7 Å². The first-order valence-corrected chi connectivity index (χ1v) is 10.0. The Morgan fingerprint density at radius 2 is 1.73 bits per heavy atom. The summed E-state index contributed by atoms with van der Waals surface area (Å²) in [5.41, 5.74) is 4.26. The van der Waals surface area contributed by atoms with Gasteiger partial charge in [-0.25, -0.2) is 4.79 Å². The van der Waals surface area contributed by atoms with E-state index >= 15 is 0 Å². The van der Waals surface area contributed by atoms with Crippen molar-refractivity contribution < 1.29 is 18.8 Å². The number of hydrogen-bond acceptors (Lipinski definition) is 3. The maximum atomic E-state index is 11.6. The summed E-state index contributed by atoms with van der Waals surface area (Å²) in [5.74, 6) is 0.841. The molecule has 1 heterocycles. The van der Waals surface area contributed by atoms with E-state index in [-0.39, 0.29) is 0 Å². The molecule has 1 N–H and O–H groups in total. The fourth-order valence-corrected chi connectivity index (χ4v) is 3.84. The smallest absolute Gasteiger partial charge is 0.411 e. The number of pyridine rings is 1. The third kappa shape index (κ3) is 3.79. The largest absolute Gasteiger partial charge is 0.497 e. The molecule has 0 aliphatic rings. The van der Waals surface area contributed by atoms with Crippen LogP contribution in [0.3, 0.4) is 0 Å². The topological polar surface area (TPSA) is 51.4 Å². The molecule has 0 bridgehead atoms. The van der Waals surface area contributed by atoms with Crippen molar-refractivity contribution >= 4 is 33.5 Å². The Kier molecular flexibility index (Phi) is 5.53. The van der Waals surface area contributed by atoms with Crippen LogP contribution in [0, 0.1) is 0 Å². The Morgan fingerprint density at radius 1 is 0.967 bits per heavy atom. The highest BCUT2D eigenvalue weighted by molar-refractivity contribution is 6.05. The van der Waals surface area contributed by atoms with Crippen LogP contribution in [0.15, 0.2) is 66.7 Å². The van der Waals surface area contributed by atoms with Gasteiger partial charge in [-0.15, -0.1) is 0 Å². The molecule has 0 unspecified atom stereocenters. The summed E-state index contributed by atoms with van der Waals surface area (Å²) < 4.78 is 12.7. The Morgan fingerprint density at radius 3 is 2.47 bits per heavy atom. The second-order valence-corrected chi connectivity index (χ2v) is 7.15. The second kappa shape index (κ2) is 8.41. The molecule has 0 atom stereocenters. The molecule has 5 heteroatoms. The number of carbonyl (C=O) groups excluding carboxylic acids is 1. The summed E-state index contributed by atoms with van der Waals surface area (Å²) in [5, 5.41) is 6.33. The maximum Gasteiger partial charge on any atom is 0.411 e. The van der Waals surface area contributed by atoms with E-state index in [9.17, 15) is 4.79 Å². The zero-order valence-electron chi connectivity index (χ0n) is 17.4. The zero-order chi connectivity index (χ0) is 21.1. The van der Waals surface area contributed by atoms with Gasteiger partial charge in [0.25, 0.3) is 0 Å². The van der Waals surface area contributed by atoms with E-state index in [2.05, 4.69) is 53.3 Å². The first-order chi connectivity index (χ1) is 14.6. The SMILES string of the molecule is CCOC(=O)Nc1ccc(Cc2c3cc(OC)ccc3c3ccccc3[n+]2C)cc1. The maximum absolute atomic E-state index is 11.6. The highest BCUT2D eigenvalue weighted by Crippen LogP contribution is 2.29. The molecule has 0 aliphatic carbocycles. The molecule has 1 amide bonds. The summed E-state index contributed by atoms with van der Waals surface area (Å²) in [6, 6.07) is 22.5. The number of carbonyl (C=O) groups is 1. The lowest BCUT2D eigenvalue weighted by atomic mass is 9.99. The van der Waals surface area contributed by atoms with Crippen molar-refractivity contribution in [2.45, 2.75) is 13.3 Å². The van der Waals surface area contributed by atoms with Gasteiger partial charge in [0.2, 0.25) is 5.52 Å². The van der Waals surface area contributed by atoms with Crippen molar-refractivity contribution in [1.82, 2.24) is 0 Å². The van der Waals surface area contributed by atoms with Crippen molar-refractivity contribution in [2.24, 2.45) is 7.05 Å². The molecule has 0 aliphatic heterocycles. The van der Waals surface area contributed by atoms with Gasteiger partial charge in [0.05, 0.1) is 30.9 Å². The van der Waals surface area contributed by atoms with Crippen LogP contribution in [0.25, 0.3) is 21.7 Å². The average molecular weight is 401 g/mol. The fourth-order valence-electron chi connectivity index (χ4n) is 3.84. The van der Waals surface area contributed by atoms with E-state index in [4.69, 9.17) is 9.47 Å². The summed E-state index contributed by atoms with van der Waals surface area (Å²) in [6.45, 7) is 2.13. The lowest BCUT2D eigenvalue weighted by Crippen LogP contribution is -2.35. The lowest BCUT2D eigenvalue weighted by Gasteiger charge is -2.11. The third-order valence-electron chi connectivity index (χ3n) is 5.35. The van der Waals surface area contributed by atoms with Gasteiger partial charge < -0.3 is 9.47 Å². The van der Waals surface area contributed by atoms with Gasteiger partial charge in [-0.05, 0) is 48.9 Å². The minimum atomic E-state index is -0.440. The summed E-state index contributed by atoms with van der Waals surface area (Å²) >= 11 is 0. The number of amides is 1. The Hall–Kier alpha value is -3.60. The minimum Gasteiger partial charge on any atom is -0.497 e. The number of aromatic nitrogens is 1. The highest BCUT2D eigenvalue weighted by atomic mass is 16.5. The number of benzene rings is 3. The molecule has 0 saturated heterocycles. The van der Waals surface area contributed by atoms with Gasteiger partial charge in [-0.2, -0.15) is 4.57 Å². The Bertz CT molecular complexity index is 1220. The van der Waals surface area contributed by atoms with Crippen LogP contribution >= 0.6 is 0 Å². The number of methoxy groups -OCH3 is 1. The molecular formula is C25H25N2O3+. The number of aryl methyl sites for hydroxylation is 1. The van der Waals surface area contributed by atoms with Gasteiger partial charge in [0.1, 0.15) is 12.8 Å². The summed E-state index contributed by atoms with van der Waals surface area (Å²) in [6.07, 6.45) is 0.314. The van der Waals surface area contributed by atoms with Crippen LogP contribution in [-0.4, -0.2) is 19.8 Å². The number of rotatable bonds is 5. The molecule has 3 aromatic carbocycles. The standard InChI is InChI=1S/C25H24N2O3/c1-4-30-25(28)26-18-11-9-17(10-12-18)15-24-22-16-19(29-3)13-14-20(22)21-7-5-6-8-23(21)27(24)2/h5-14,16H,4,15H2,1-3H3/p+1. The first kappa shape index (κ1) is 19.7. The van der Waals surface area contributed by atoms with Crippen LogP contribution in [0.2, 0.25) is 0 Å². The van der Waals surface area contributed by atoms with Crippen LogP contribution in [0.1, 0.15) is 18.2 Å². The third-order valence-corrected chi connectivity index (χ3v) is 5.35. The quantitative estimate of drug-likeness (QED) is 0.379. The minimum absolute atomic E-state index is 0.346. The van der Waals surface area contributed by atoms with E-state index in [1.165, 1.54) is 27.4 Å². The van der Waals surface area contributed by atoms with Crippen LogP contribution < -0.4 is 14.6 Å². The molecule has 5 nitrogen and oxygen atoms in total. The van der Waals surface area contributed by atoms with Crippen molar-refractivity contribution in [1.29, 1.82) is 0 Å². The molecular weight excluding hydrogens is 376 g/mol. The molecule has 30 heavy (non-hydrogen) atoms. The average Bonchev–Trinajstić information content (AvgIpc) is 2.77. The number of ether oxygens (including phenoxy) is 2. The van der Waals surface area contributed by atoms with E-state index in [1.54, 1.807) is 14.0 Å². The second-order valence-electron chi connectivity index (χ2n) is 7.15. The van der Waals surface area contributed by atoms with Crippen LogP contribution in [0.5, 0.6) is 5.75 Å². The van der Waals surface area contributed by atoms with Crippen molar-refractivity contribution in [3.63, 3.8) is 0 Å². The molecule has 1 aromatic heterocycles. The predicted octanol–water partition coefficient (Wildman–Crippen LogP) is 4.99. The molecule has 0 radical (unpaired) electrons. The highest BCUT2D eigenvalue weighted by Gasteiger charge is 2.19. The number of anilines is 1. The number of nitrogens with zero attached hydrogens (tertiary/aromatic N) is 1. The van der Waals surface area contributed by atoms with Crippen LogP contribution in [-0.2, 0) is 18.2 Å². The number of fused-ring (bicyclic) bond motifs is 3. The number of nitrogens with one attached hydrogen (secondary N) is 1. The lowest BCUT2D eigenvalue weighted by molar-refractivity contribution is -0.651. The Balaban J connectivity index is 1.76. The summed E-state index contributed by atoms with van der Waals surface area (Å²) in [7, 11) is 3.80. The normalized spacial score (nSPS) is 10.9. The van der Waals surface area contributed by atoms with Gasteiger partial charge in [-0.3, -0.25) is 5.32 Å². The Labute approximate surface area is 175 Å². The monoisotopic (exact) mass is 401 g/mol. The number of para-hydroxylation sites is 1. The molecule has 4 rings (SSSR count). The zero-order valence-corrected chi connectivity index (χ0v) is 17.4. The van der Waals surface area contributed by atoms with Gasteiger partial charge in [0, 0.05) is 17.1 Å². The molecule has 0 spiro atoms. The molecule has 152 valence electrons. The van der Waals surface area contributed by atoms with Gasteiger partial charge in [0.15, 0.2) is 5.69 Å². The van der Waals surface area contributed by atoms with E-state index in [0.29, 0.717) is 12.3 Å². The fraction of sp³-hybridized carbons (Fsp3) is 0.200. The van der Waals surface area contributed by atoms with Gasteiger partial charge in [-0.1, -0.05) is 24.3 Å². The van der Waals surface area contributed by atoms with Crippen molar-refractivity contribution in [3.8, 4) is 5.75 Å². The predicted molar refractivity (Wildman–Crippen MR) is 119 cm³/mol. The number of hydrogen-bond donors (Lipinski definition) is 1.